The first-order chi connectivity index (χ1) is 15.3. The topological polar surface area (TPSA) is 116 Å². The Hall–Kier alpha value is -3.52. The van der Waals surface area contributed by atoms with Crippen molar-refractivity contribution < 1.29 is 4.79 Å². The molecule has 0 fully saturated rings. The van der Waals surface area contributed by atoms with Crippen molar-refractivity contribution in [3.05, 3.63) is 76.3 Å². The molecule has 2 unspecified atom stereocenters. The summed E-state index contributed by atoms with van der Waals surface area (Å²) in [5, 5.41) is 22.8. The zero-order valence-corrected chi connectivity index (χ0v) is 19.0. The second kappa shape index (κ2) is 10.2. The molecule has 1 heterocycles. The van der Waals surface area contributed by atoms with Crippen LogP contribution in [-0.2, 0) is 4.79 Å². The molecule has 0 saturated carbocycles. The quantitative estimate of drug-likeness (QED) is 0.494. The molecule has 6 nitrogen and oxygen atoms in total. The maximum atomic E-state index is 12.8. The summed E-state index contributed by atoms with van der Waals surface area (Å²) in [5.74, 6) is -0.192. The number of hydrogen-bond acceptors (Lipinski definition) is 6. The molecule has 2 atom stereocenters. The molecule has 0 aliphatic rings. The molecule has 1 aromatic heterocycles. The summed E-state index contributed by atoms with van der Waals surface area (Å²) < 4.78 is 0. The van der Waals surface area contributed by atoms with Crippen molar-refractivity contribution in [3.8, 4) is 23.3 Å². The molecule has 0 saturated heterocycles. The van der Waals surface area contributed by atoms with Crippen LogP contribution in [0.2, 0.25) is 5.02 Å². The Balaban J connectivity index is 1.89. The number of halogens is 1. The number of nitriles is 2. The average Bonchev–Trinajstić information content (AvgIpc) is 2.79. The number of pyridine rings is 1. The molecular formula is C24H20ClN5OS. The van der Waals surface area contributed by atoms with Crippen molar-refractivity contribution in [2.45, 2.75) is 30.2 Å². The lowest BCUT2D eigenvalue weighted by molar-refractivity contribution is -0.120. The minimum atomic E-state index is -0.555. The molecule has 0 aliphatic heterocycles. The number of benzene rings is 2. The molecule has 32 heavy (non-hydrogen) atoms. The van der Waals surface area contributed by atoms with Crippen LogP contribution in [0, 0.1) is 22.7 Å². The van der Waals surface area contributed by atoms with E-state index in [-0.39, 0.29) is 28.9 Å². The van der Waals surface area contributed by atoms with Gasteiger partial charge in [0, 0.05) is 10.6 Å². The van der Waals surface area contributed by atoms with Gasteiger partial charge in [0.15, 0.2) is 0 Å². The van der Waals surface area contributed by atoms with Gasteiger partial charge in [-0.1, -0.05) is 65.8 Å². The van der Waals surface area contributed by atoms with Crippen LogP contribution in [0.25, 0.3) is 11.1 Å². The lowest BCUT2D eigenvalue weighted by Crippen LogP contribution is -2.33. The van der Waals surface area contributed by atoms with Crippen LogP contribution >= 0.6 is 23.4 Å². The van der Waals surface area contributed by atoms with Gasteiger partial charge in [-0.15, -0.1) is 0 Å². The fourth-order valence-corrected chi connectivity index (χ4v) is 4.22. The van der Waals surface area contributed by atoms with Gasteiger partial charge in [0.2, 0.25) is 5.91 Å². The Morgan fingerprint density at radius 1 is 1.06 bits per heavy atom. The number of nitrogens with one attached hydrogen (secondary N) is 1. The Morgan fingerprint density at radius 3 is 2.28 bits per heavy atom. The second-order valence-corrected chi connectivity index (χ2v) is 8.82. The van der Waals surface area contributed by atoms with Gasteiger partial charge in [-0.25, -0.2) is 4.98 Å². The van der Waals surface area contributed by atoms with E-state index in [9.17, 15) is 15.3 Å². The summed E-state index contributed by atoms with van der Waals surface area (Å²) in [7, 11) is 0. The lowest BCUT2D eigenvalue weighted by Gasteiger charge is -2.19. The van der Waals surface area contributed by atoms with Crippen LogP contribution in [0.1, 0.15) is 36.6 Å². The molecule has 2 aromatic carbocycles. The SMILES string of the molecule is CC(Sc1nc(N)c(C#N)c(-c2ccccc2)c1C#N)C(=O)NC(C)c1ccc(Cl)cc1. The van der Waals surface area contributed by atoms with E-state index >= 15 is 0 Å². The summed E-state index contributed by atoms with van der Waals surface area (Å²) in [4.78, 5) is 17.1. The van der Waals surface area contributed by atoms with Crippen LogP contribution in [0.3, 0.4) is 0 Å². The maximum absolute atomic E-state index is 12.8. The number of hydrogen-bond donors (Lipinski definition) is 2. The third kappa shape index (κ3) is 5.03. The molecule has 0 spiro atoms. The molecule has 1 amide bonds. The number of anilines is 1. The number of amides is 1. The van der Waals surface area contributed by atoms with Gasteiger partial charge < -0.3 is 11.1 Å². The Kier molecular flexibility index (Phi) is 7.37. The van der Waals surface area contributed by atoms with Crippen molar-refractivity contribution in [3.63, 3.8) is 0 Å². The molecule has 3 aromatic rings. The number of carbonyl (C=O) groups excluding carboxylic acids is 1. The maximum Gasteiger partial charge on any atom is 0.233 e. The van der Waals surface area contributed by atoms with E-state index < -0.39 is 5.25 Å². The first kappa shape index (κ1) is 23.1. The number of aromatic nitrogens is 1. The summed E-state index contributed by atoms with van der Waals surface area (Å²) in [6.07, 6.45) is 0. The smallest absolute Gasteiger partial charge is 0.233 e. The first-order valence-corrected chi connectivity index (χ1v) is 11.0. The van der Waals surface area contributed by atoms with E-state index in [0.717, 1.165) is 17.3 Å². The van der Waals surface area contributed by atoms with Crippen LogP contribution in [0.5, 0.6) is 0 Å². The Labute approximate surface area is 196 Å². The average molecular weight is 462 g/mol. The fourth-order valence-electron chi connectivity index (χ4n) is 3.16. The zero-order valence-electron chi connectivity index (χ0n) is 17.5. The predicted molar refractivity (Wildman–Crippen MR) is 127 cm³/mol. The van der Waals surface area contributed by atoms with Crippen molar-refractivity contribution in [2.75, 3.05) is 5.73 Å². The van der Waals surface area contributed by atoms with Crippen molar-refractivity contribution in [1.29, 1.82) is 10.5 Å². The van der Waals surface area contributed by atoms with E-state index in [1.807, 2.05) is 37.3 Å². The van der Waals surface area contributed by atoms with Gasteiger partial charge in [0.25, 0.3) is 0 Å². The minimum Gasteiger partial charge on any atom is -0.383 e. The highest BCUT2D eigenvalue weighted by Crippen LogP contribution is 2.36. The van der Waals surface area contributed by atoms with Crippen LogP contribution in [0.15, 0.2) is 59.6 Å². The third-order valence-electron chi connectivity index (χ3n) is 4.86. The number of thioether (sulfide) groups is 1. The van der Waals surface area contributed by atoms with E-state index in [1.54, 1.807) is 31.2 Å². The molecule has 0 bridgehead atoms. The van der Waals surface area contributed by atoms with E-state index in [1.165, 1.54) is 0 Å². The minimum absolute atomic E-state index is 0.0231. The molecule has 8 heteroatoms. The predicted octanol–water partition coefficient (Wildman–Crippen LogP) is 5.09. The fraction of sp³-hybridized carbons (Fsp3) is 0.167. The first-order valence-electron chi connectivity index (χ1n) is 9.77. The third-order valence-corrected chi connectivity index (χ3v) is 6.20. The number of rotatable bonds is 6. The van der Waals surface area contributed by atoms with Crippen molar-refractivity contribution in [2.24, 2.45) is 0 Å². The lowest BCUT2D eigenvalue weighted by atomic mass is 9.97. The summed E-state index contributed by atoms with van der Waals surface area (Å²) in [6.45, 7) is 3.61. The molecule has 160 valence electrons. The molecular weight excluding hydrogens is 442 g/mol. The monoisotopic (exact) mass is 461 g/mol. The number of carbonyl (C=O) groups is 1. The van der Waals surface area contributed by atoms with Gasteiger partial charge >= 0.3 is 0 Å². The van der Waals surface area contributed by atoms with Crippen molar-refractivity contribution >= 4 is 35.1 Å². The van der Waals surface area contributed by atoms with Crippen LogP contribution < -0.4 is 11.1 Å². The zero-order chi connectivity index (χ0) is 23.3. The van der Waals surface area contributed by atoms with Gasteiger partial charge in [-0.05, 0) is 37.1 Å². The van der Waals surface area contributed by atoms with Crippen LogP contribution in [-0.4, -0.2) is 16.1 Å². The summed E-state index contributed by atoms with van der Waals surface area (Å²) in [5.41, 5.74) is 8.44. The highest BCUT2D eigenvalue weighted by Gasteiger charge is 2.24. The normalized spacial score (nSPS) is 12.3. The molecule has 3 N–H and O–H groups in total. The molecule has 0 aliphatic carbocycles. The van der Waals surface area contributed by atoms with Crippen LogP contribution in [0.4, 0.5) is 5.82 Å². The van der Waals surface area contributed by atoms with Gasteiger partial charge in [-0.2, -0.15) is 10.5 Å². The number of nitrogens with zero attached hydrogens (tertiary/aromatic N) is 3. The highest BCUT2D eigenvalue weighted by molar-refractivity contribution is 8.00. The van der Waals surface area contributed by atoms with Gasteiger partial charge in [-0.3, -0.25) is 4.79 Å². The standard InChI is InChI=1S/C24H20ClN5OS/c1-14(16-8-10-18(25)11-9-16)29-23(31)15(2)32-24-20(13-27)21(17-6-4-3-5-7-17)19(12-26)22(28)30-24/h3-11,14-15H,1-2H3,(H2,28,30)(H,29,31). The largest absolute Gasteiger partial charge is 0.383 e. The van der Waals surface area contributed by atoms with Gasteiger partial charge in [0.1, 0.15) is 28.5 Å². The number of nitrogen functional groups attached to an aromatic ring is 1. The Morgan fingerprint density at radius 2 is 1.69 bits per heavy atom. The van der Waals surface area contributed by atoms with E-state index in [0.29, 0.717) is 21.2 Å². The summed E-state index contributed by atoms with van der Waals surface area (Å²) >= 11 is 7.06. The second-order valence-electron chi connectivity index (χ2n) is 7.06. The van der Waals surface area contributed by atoms with Crippen molar-refractivity contribution in [1.82, 2.24) is 10.3 Å². The van der Waals surface area contributed by atoms with Gasteiger partial charge in [0.05, 0.1) is 16.9 Å². The Bertz CT molecular complexity index is 1220. The van der Waals surface area contributed by atoms with E-state index in [2.05, 4.69) is 22.4 Å². The molecule has 3 rings (SSSR count). The number of nitrogens with two attached hydrogens (primary N) is 1. The molecule has 0 radical (unpaired) electrons. The summed E-state index contributed by atoms with van der Waals surface area (Å²) in [6, 6.07) is 20.3. The van der Waals surface area contributed by atoms with E-state index in [4.69, 9.17) is 17.3 Å². The highest BCUT2D eigenvalue weighted by atomic mass is 35.5.